The SMILES string of the molecule is Cc1cccc(C(=O)Oc2cccc(Nc3nc(-c4ccccn4)cs3)c2)c1. The molecular formula is C22H17N3O2S. The van der Waals surface area contributed by atoms with E-state index in [-0.39, 0.29) is 5.97 Å². The average molecular weight is 387 g/mol. The third-order valence-electron chi connectivity index (χ3n) is 3.98. The molecule has 5 nitrogen and oxygen atoms in total. The maximum absolute atomic E-state index is 12.3. The van der Waals surface area contributed by atoms with Crippen LogP contribution in [0.1, 0.15) is 15.9 Å². The van der Waals surface area contributed by atoms with E-state index >= 15 is 0 Å². The van der Waals surface area contributed by atoms with Crippen LogP contribution in [0.15, 0.2) is 78.3 Å². The van der Waals surface area contributed by atoms with Crippen LogP contribution in [-0.2, 0) is 0 Å². The fraction of sp³-hybridized carbons (Fsp3) is 0.0455. The van der Waals surface area contributed by atoms with Crippen LogP contribution in [0.3, 0.4) is 0 Å². The van der Waals surface area contributed by atoms with Crippen molar-refractivity contribution in [3.05, 3.63) is 89.4 Å². The minimum absolute atomic E-state index is 0.382. The Morgan fingerprint density at radius 1 is 1.00 bits per heavy atom. The predicted octanol–water partition coefficient (Wildman–Crippen LogP) is 5.48. The van der Waals surface area contributed by atoms with Crippen molar-refractivity contribution in [2.75, 3.05) is 5.32 Å². The monoisotopic (exact) mass is 387 g/mol. The van der Waals surface area contributed by atoms with Gasteiger partial charge in [-0.05, 0) is 43.3 Å². The summed E-state index contributed by atoms with van der Waals surface area (Å²) in [5.74, 6) is 0.0885. The molecule has 0 amide bonds. The number of aryl methyl sites for hydroxylation is 1. The van der Waals surface area contributed by atoms with Gasteiger partial charge in [0, 0.05) is 23.3 Å². The largest absolute Gasteiger partial charge is 0.423 e. The number of esters is 1. The summed E-state index contributed by atoms with van der Waals surface area (Å²) in [5.41, 5.74) is 3.97. The van der Waals surface area contributed by atoms with E-state index < -0.39 is 0 Å². The Balaban J connectivity index is 1.47. The molecule has 4 aromatic rings. The first-order valence-electron chi connectivity index (χ1n) is 8.70. The van der Waals surface area contributed by atoms with Crippen molar-refractivity contribution in [3.63, 3.8) is 0 Å². The van der Waals surface area contributed by atoms with Gasteiger partial charge in [-0.2, -0.15) is 0 Å². The lowest BCUT2D eigenvalue weighted by molar-refractivity contribution is 0.0735. The van der Waals surface area contributed by atoms with E-state index in [2.05, 4.69) is 15.3 Å². The van der Waals surface area contributed by atoms with E-state index in [1.165, 1.54) is 11.3 Å². The van der Waals surface area contributed by atoms with E-state index in [1.54, 1.807) is 30.5 Å². The Hall–Kier alpha value is -3.51. The molecule has 138 valence electrons. The molecule has 6 heteroatoms. The number of nitrogens with zero attached hydrogens (tertiary/aromatic N) is 2. The van der Waals surface area contributed by atoms with Gasteiger partial charge in [-0.15, -0.1) is 11.3 Å². The third kappa shape index (κ3) is 4.24. The van der Waals surface area contributed by atoms with Crippen LogP contribution in [0.25, 0.3) is 11.4 Å². The van der Waals surface area contributed by atoms with Crippen LogP contribution in [-0.4, -0.2) is 15.9 Å². The summed E-state index contributed by atoms with van der Waals surface area (Å²) in [7, 11) is 0. The Morgan fingerprint density at radius 2 is 1.89 bits per heavy atom. The molecule has 0 saturated carbocycles. The lowest BCUT2D eigenvalue weighted by atomic mass is 10.1. The molecule has 0 atom stereocenters. The number of hydrogen-bond acceptors (Lipinski definition) is 6. The maximum atomic E-state index is 12.3. The van der Waals surface area contributed by atoms with Crippen LogP contribution >= 0.6 is 11.3 Å². The summed E-state index contributed by atoms with van der Waals surface area (Å²) in [4.78, 5) is 21.2. The molecular weight excluding hydrogens is 370 g/mol. The van der Waals surface area contributed by atoms with Crippen LogP contribution in [0, 0.1) is 6.92 Å². The van der Waals surface area contributed by atoms with Gasteiger partial charge in [0.2, 0.25) is 0 Å². The number of hydrogen-bond donors (Lipinski definition) is 1. The molecule has 2 heterocycles. The average Bonchev–Trinajstić information content (AvgIpc) is 3.17. The van der Waals surface area contributed by atoms with Gasteiger partial charge in [0.15, 0.2) is 5.13 Å². The van der Waals surface area contributed by atoms with Gasteiger partial charge in [-0.3, -0.25) is 4.98 Å². The second kappa shape index (κ2) is 8.02. The van der Waals surface area contributed by atoms with E-state index in [9.17, 15) is 4.79 Å². The number of carbonyl (C=O) groups is 1. The first kappa shape index (κ1) is 17.9. The molecule has 0 spiro atoms. The molecule has 0 aliphatic heterocycles. The molecule has 0 unspecified atom stereocenters. The number of aromatic nitrogens is 2. The third-order valence-corrected chi connectivity index (χ3v) is 4.74. The number of carbonyl (C=O) groups excluding carboxylic acids is 1. The number of benzene rings is 2. The fourth-order valence-corrected chi connectivity index (χ4v) is 3.39. The van der Waals surface area contributed by atoms with Crippen LogP contribution < -0.4 is 10.1 Å². The lowest BCUT2D eigenvalue weighted by Crippen LogP contribution is -2.08. The summed E-state index contributed by atoms with van der Waals surface area (Å²) < 4.78 is 5.50. The molecule has 4 rings (SSSR count). The van der Waals surface area contributed by atoms with E-state index in [4.69, 9.17) is 4.74 Å². The molecule has 0 aliphatic rings. The Bertz CT molecular complexity index is 1110. The molecule has 28 heavy (non-hydrogen) atoms. The molecule has 0 saturated heterocycles. The second-order valence-electron chi connectivity index (χ2n) is 6.16. The normalized spacial score (nSPS) is 10.5. The van der Waals surface area contributed by atoms with Crippen molar-refractivity contribution >= 4 is 28.1 Å². The molecule has 0 fully saturated rings. The van der Waals surface area contributed by atoms with Gasteiger partial charge in [-0.1, -0.05) is 29.8 Å². The molecule has 2 aromatic carbocycles. The van der Waals surface area contributed by atoms with Gasteiger partial charge >= 0.3 is 5.97 Å². The van der Waals surface area contributed by atoms with Crippen molar-refractivity contribution in [3.8, 4) is 17.1 Å². The van der Waals surface area contributed by atoms with E-state index in [0.717, 1.165) is 27.8 Å². The van der Waals surface area contributed by atoms with Crippen molar-refractivity contribution < 1.29 is 9.53 Å². The van der Waals surface area contributed by atoms with Gasteiger partial charge in [0.05, 0.1) is 11.3 Å². The number of pyridine rings is 1. The molecule has 1 N–H and O–H groups in total. The van der Waals surface area contributed by atoms with Crippen molar-refractivity contribution in [1.29, 1.82) is 0 Å². The molecule has 0 aliphatic carbocycles. The smallest absolute Gasteiger partial charge is 0.343 e. The van der Waals surface area contributed by atoms with E-state index in [0.29, 0.717) is 11.3 Å². The fourth-order valence-electron chi connectivity index (χ4n) is 2.66. The minimum atomic E-state index is -0.382. The predicted molar refractivity (Wildman–Crippen MR) is 111 cm³/mol. The highest BCUT2D eigenvalue weighted by molar-refractivity contribution is 7.14. The highest BCUT2D eigenvalue weighted by Gasteiger charge is 2.10. The van der Waals surface area contributed by atoms with Gasteiger partial charge in [-0.25, -0.2) is 9.78 Å². The van der Waals surface area contributed by atoms with Gasteiger partial charge in [0.25, 0.3) is 0 Å². The summed E-state index contributed by atoms with van der Waals surface area (Å²) in [6, 6.07) is 20.3. The maximum Gasteiger partial charge on any atom is 0.343 e. The highest BCUT2D eigenvalue weighted by Crippen LogP contribution is 2.27. The Morgan fingerprint density at radius 3 is 2.71 bits per heavy atom. The standard InChI is InChI=1S/C22H17N3O2S/c1-15-6-4-7-16(12-15)21(26)27-18-9-5-8-17(13-18)24-22-25-20(14-28-22)19-10-2-3-11-23-19/h2-14H,1H3,(H,24,25). The zero-order valence-electron chi connectivity index (χ0n) is 15.1. The number of ether oxygens (including phenoxy) is 1. The van der Waals surface area contributed by atoms with E-state index in [1.807, 2.05) is 54.8 Å². The minimum Gasteiger partial charge on any atom is -0.423 e. The van der Waals surface area contributed by atoms with Gasteiger partial charge < -0.3 is 10.1 Å². The summed E-state index contributed by atoms with van der Waals surface area (Å²) in [5, 5.41) is 5.93. The summed E-state index contributed by atoms with van der Waals surface area (Å²) >= 11 is 1.49. The first-order chi connectivity index (χ1) is 13.7. The number of nitrogens with one attached hydrogen (secondary N) is 1. The summed E-state index contributed by atoms with van der Waals surface area (Å²) in [6.07, 6.45) is 1.74. The number of anilines is 2. The zero-order valence-corrected chi connectivity index (χ0v) is 15.9. The second-order valence-corrected chi connectivity index (χ2v) is 7.02. The van der Waals surface area contributed by atoms with Crippen LogP contribution in [0.5, 0.6) is 5.75 Å². The molecule has 0 radical (unpaired) electrons. The van der Waals surface area contributed by atoms with Crippen LogP contribution in [0.4, 0.5) is 10.8 Å². The zero-order chi connectivity index (χ0) is 19.3. The van der Waals surface area contributed by atoms with Crippen molar-refractivity contribution in [2.24, 2.45) is 0 Å². The van der Waals surface area contributed by atoms with Crippen molar-refractivity contribution in [2.45, 2.75) is 6.92 Å². The number of rotatable bonds is 5. The van der Waals surface area contributed by atoms with Crippen LogP contribution in [0.2, 0.25) is 0 Å². The van der Waals surface area contributed by atoms with Crippen molar-refractivity contribution in [1.82, 2.24) is 9.97 Å². The quantitative estimate of drug-likeness (QED) is 0.363. The first-order valence-corrected chi connectivity index (χ1v) is 9.58. The summed E-state index contributed by atoms with van der Waals surface area (Å²) in [6.45, 7) is 1.94. The lowest BCUT2D eigenvalue weighted by Gasteiger charge is -2.07. The molecule has 0 bridgehead atoms. The topological polar surface area (TPSA) is 64.1 Å². The number of thiazole rings is 1. The molecule has 2 aromatic heterocycles. The highest BCUT2D eigenvalue weighted by atomic mass is 32.1. The van der Waals surface area contributed by atoms with Gasteiger partial charge in [0.1, 0.15) is 11.4 Å². The Labute approximate surface area is 166 Å². The Kier molecular flexibility index (Phi) is 5.12.